The van der Waals surface area contributed by atoms with Crippen LogP contribution in [-0.2, 0) is 10.0 Å². The number of nitrogens with zero attached hydrogens (tertiary/aromatic N) is 5. The largest absolute Gasteiger partial charge is 0.279 e. The number of aryl methyl sites for hydroxylation is 1. The van der Waals surface area contributed by atoms with Gasteiger partial charge in [-0.05, 0) is 26.0 Å². The lowest BCUT2D eigenvalue weighted by molar-refractivity contribution is 0.594. The average molecular weight is 318 g/mol. The van der Waals surface area contributed by atoms with Crippen LogP contribution < -0.4 is 4.83 Å². The maximum Gasteiger partial charge on any atom is 0.279 e. The predicted octanol–water partition coefficient (Wildman–Crippen LogP) is 1.01. The van der Waals surface area contributed by atoms with Crippen LogP contribution in [0.25, 0.3) is 5.69 Å². The number of para-hydroxylation sites is 1. The van der Waals surface area contributed by atoms with Crippen molar-refractivity contribution in [2.24, 2.45) is 0 Å². The zero-order valence-corrected chi connectivity index (χ0v) is 12.8. The van der Waals surface area contributed by atoms with Crippen molar-refractivity contribution in [1.29, 1.82) is 0 Å². The molecule has 0 fully saturated rings. The van der Waals surface area contributed by atoms with Gasteiger partial charge >= 0.3 is 0 Å². The number of nitrogens with one attached hydrogen (secondary N) is 1. The van der Waals surface area contributed by atoms with Crippen LogP contribution in [0.1, 0.15) is 11.4 Å². The SMILES string of the molecule is Cc1nn(-c2ccccc2)c(C)c1S(=O)(=O)Nn1cnnc1. The van der Waals surface area contributed by atoms with Gasteiger partial charge in [0.05, 0.1) is 17.1 Å². The number of hydrogen-bond acceptors (Lipinski definition) is 5. The van der Waals surface area contributed by atoms with Crippen LogP contribution in [0.5, 0.6) is 0 Å². The fraction of sp³-hybridized carbons (Fsp3) is 0.154. The van der Waals surface area contributed by atoms with Crippen molar-refractivity contribution in [1.82, 2.24) is 24.7 Å². The molecule has 0 radical (unpaired) electrons. The Morgan fingerprint density at radius 3 is 2.32 bits per heavy atom. The molecular weight excluding hydrogens is 304 g/mol. The van der Waals surface area contributed by atoms with Gasteiger partial charge in [0.2, 0.25) is 0 Å². The summed E-state index contributed by atoms with van der Waals surface area (Å²) in [6.07, 6.45) is 2.54. The van der Waals surface area contributed by atoms with E-state index in [9.17, 15) is 8.42 Å². The maximum atomic E-state index is 12.5. The standard InChI is InChI=1S/C13H14N6O2S/c1-10-13(22(20,21)17-18-8-14-15-9-18)11(2)19(16-10)12-6-4-3-5-7-12/h3-9,17H,1-2H3. The van der Waals surface area contributed by atoms with Crippen molar-refractivity contribution in [3.8, 4) is 5.69 Å². The van der Waals surface area contributed by atoms with Crippen molar-refractivity contribution in [2.75, 3.05) is 4.83 Å². The van der Waals surface area contributed by atoms with Crippen molar-refractivity contribution in [3.63, 3.8) is 0 Å². The van der Waals surface area contributed by atoms with E-state index in [2.05, 4.69) is 20.1 Å². The lowest BCUT2D eigenvalue weighted by Crippen LogP contribution is -2.23. The summed E-state index contributed by atoms with van der Waals surface area (Å²) in [5.74, 6) is 0. The van der Waals surface area contributed by atoms with Gasteiger partial charge in [0.1, 0.15) is 17.6 Å². The van der Waals surface area contributed by atoms with Crippen molar-refractivity contribution in [3.05, 3.63) is 54.4 Å². The summed E-state index contributed by atoms with van der Waals surface area (Å²) < 4.78 is 27.9. The highest BCUT2D eigenvalue weighted by Crippen LogP contribution is 2.22. The Hall–Kier alpha value is -2.68. The van der Waals surface area contributed by atoms with Crippen molar-refractivity contribution >= 4 is 10.0 Å². The average Bonchev–Trinajstić information content (AvgIpc) is 3.07. The van der Waals surface area contributed by atoms with Crippen LogP contribution in [0.4, 0.5) is 0 Å². The summed E-state index contributed by atoms with van der Waals surface area (Å²) >= 11 is 0. The Morgan fingerprint density at radius 2 is 1.68 bits per heavy atom. The van der Waals surface area contributed by atoms with E-state index in [1.807, 2.05) is 30.3 Å². The fourth-order valence-corrected chi connectivity index (χ4v) is 3.64. The van der Waals surface area contributed by atoms with Crippen LogP contribution in [0.3, 0.4) is 0 Å². The smallest absolute Gasteiger partial charge is 0.236 e. The van der Waals surface area contributed by atoms with E-state index in [-0.39, 0.29) is 4.90 Å². The molecule has 114 valence electrons. The summed E-state index contributed by atoms with van der Waals surface area (Å²) in [6.45, 7) is 3.38. The molecule has 0 unspecified atom stereocenters. The fourth-order valence-electron chi connectivity index (χ4n) is 2.27. The van der Waals surface area contributed by atoms with E-state index in [1.165, 1.54) is 17.3 Å². The molecule has 0 saturated heterocycles. The highest BCUT2D eigenvalue weighted by molar-refractivity contribution is 7.92. The van der Waals surface area contributed by atoms with Crippen LogP contribution in [0.15, 0.2) is 47.9 Å². The maximum absolute atomic E-state index is 12.5. The van der Waals surface area contributed by atoms with E-state index in [1.54, 1.807) is 18.5 Å². The first kappa shape index (κ1) is 14.3. The summed E-state index contributed by atoms with van der Waals surface area (Å²) in [7, 11) is -3.78. The van der Waals surface area contributed by atoms with Gasteiger partial charge in [-0.15, -0.1) is 10.2 Å². The van der Waals surface area contributed by atoms with E-state index in [0.717, 1.165) is 5.69 Å². The first-order valence-electron chi connectivity index (χ1n) is 6.48. The molecule has 0 amide bonds. The number of sulfonamides is 1. The Bertz CT molecular complexity index is 884. The van der Waals surface area contributed by atoms with Gasteiger partial charge in [0.15, 0.2) is 0 Å². The highest BCUT2D eigenvalue weighted by atomic mass is 32.2. The molecule has 1 N–H and O–H groups in total. The minimum Gasteiger partial charge on any atom is -0.236 e. The van der Waals surface area contributed by atoms with Crippen LogP contribution in [0.2, 0.25) is 0 Å². The van der Waals surface area contributed by atoms with Crippen LogP contribution in [0, 0.1) is 13.8 Å². The molecule has 0 aliphatic rings. The zero-order valence-electron chi connectivity index (χ0n) is 12.0. The molecule has 3 rings (SSSR count). The molecule has 3 aromatic rings. The molecule has 0 aliphatic heterocycles. The third kappa shape index (κ3) is 2.46. The molecule has 1 aromatic carbocycles. The Balaban J connectivity index is 2.07. The molecule has 2 aromatic heterocycles. The van der Waals surface area contributed by atoms with E-state index < -0.39 is 10.0 Å². The minimum absolute atomic E-state index is 0.144. The Morgan fingerprint density at radius 1 is 1.05 bits per heavy atom. The lowest BCUT2D eigenvalue weighted by atomic mass is 10.3. The quantitative estimate of drug-likeness (QED) is 0.775. The predicted molar refractivity (Wildman–Crippen MR) is 79.6 cm³/mol. The summed E-state index contributed by atoms with van der Waals surface area (Å²) in [5, 5.41) is 11.5. The van der Waals surface area contributed by atoms with Gasteiger partial charge < -0.3 is 0 Å². The Labute approximate surface area is 127 Å². The van der Waals surface area contributed by atoms with Crippen LogP contribution >= 0.6 is 0 Å². The lowest BCUT2D eigenvalue weighted by Gasteiger charge is -2.08. The second-order valence-corrected chi connectivity index (χ2v) is 6.31. The third-order valence-corrected chi connectivity index (χ3v) is 4.72. The summed E-state index contributed by atoms with van der Waals surface area (Å²) in [6, 6.07) is 9.36. The molecule has 0 aliphatic carbocycles. The molecule has 8 nitrogen and oxygen atoms in total. The molecule has 9 heteroatoms. The molecule has 2 heterocycles. The van der Waals surface area contributed by atoms with Gasteiger partial charge in [0, 0.05) is 0 Å². The Kier molecular flexibility index (Phi) is 3.41. The van der Waals surface area contributed by atoms with Gasteiger partial charge in [-0.2, -0.15) is 13.5 Å². The summed E-state index contributed by atoms with van der Waals surface area (Å²) in [5.41, 5.74) is 1.75. The molecular formula is C13H14N6O2S. The molecule has 22 heavy (non-hydrogen) atoms. The highest BCUT2D eigenvalue weighted by Gasteiger charge is 2.25. The molecule has 0 atom stereocenters. The molecule has 0 saturated carbocycles. The zero-order chi connectivity index (χ0) is 15.7. The molecule has 0 spiro atoms. The number of hydrogen-bond donors (Lipinski definition) is 1. The number of benzene rings is 1. The molecule has 0 bridgehead atoms. The van der Waals surface area contributed by atoms with Gasteiger partial charge in [-0.25, -0.2) is 14.2 Å². The topological polar surface area (TPSA) is 94.7 Å². The first-order chi connectivity index (χ1) is 10.5. The first-order valence-corrected chi connectivity index (χ1v) is 7.96. The second kappa shape index (κ2) is 5.26. The van der Waals surface area contributed by atoms with Gasteiger partial charge in [0.25, 0.3) is 10.0 Å². The van der Waals surface area contributed by atoms with Crippen LogP contribution in [-0.4, -0.2) is 33.1 Å². The van der Waals surface area contributed by atoms with Gasteiger partial charge in [-0.3, -0.25) is 0 Å². The third-order valence-electron chi connectivity index (χ3n) is 3.14. The van der Waals surface area contributed by atoms with E-state index in [4.69, 9.17) is 0 Å². The van der Waals surface area contributed by atoms with Crippen molar-refractivity contribution < 1.29 is 8.42 Å². The van der Waals surface area contributed by atoms with E-state index in [0.29, 0.717) is 11.4 Å². The normalized spacial score (nSPS) is 11.5. The second-order valence-electron chi connectivity index (χ2n) is 4.71. The van der Waals surface area contributed by atoms with Crippen molar-refractivity contribution in [2.45, 2.75) is 18.7 Å². The van der Waals surface area contributed by atoms with E-state index >= 15 is 0 Å². The number of aromatic nitrogens is 5. The monoisotopic (exact) mass is 318 g/mol. The van der Waals surface area contributed by atoms with Gasteiger partial charge in [-0.1, -0.05) is 18.2 Å². The minimum atomic E-state index is -3.78. The summed E-state index contributed by atoms with van der Waals surface area (Å²) in [4.78, 5) is 2.52. The number of rotatable bonds is 4.